The minimum Gasteiger partial charge on any atom is -0.461 e. The summed E-state index contributed by atoms with van der Waals surface area (Å²) in [6, 6.07) is 8.36. The summed E-state index contributed by atoms with van der Waals surface area (Å²) in [7, 11) is 1.16. The maximum atomic E-state index is 12.3. The number of rotatable bonds is 6. The average Bonchev–Trinajstić information content (AvgIpc) is 3.08. The molecule has 1 aromatic heterocycles. The number of hydrogen-bond acceptors (Lipinski definition) is 7. The molecule has 1 heterocycles. The summed E-state index contributed by atoms with van der Waals surface area (Å²) in [5, 5.41) is 15.7. The van der Waals surface area contributed by atoms with Crippen LogP contribution < -0.4 is 10.6 Å². The van der Waals surface area contributed by atoms with Crippen LogP contribution in [0, 0.1) is 10.1 Å². The Morgan fingerprint density at radius 1 is 1.26 bits per heavy atom. The number of carbonyl (C=O) groups is 2. The molecule has 1 amide bonds. The van der Waals surface area contributed by atoms with E-state index in [4.69, 9.17) is 4.42 Å². The Morgan fingerprint density at radius 2 is 1.96 bits per heavy atom. The van der Waals surface area contributed by atoms with E-state index in [1.165, 1.54) is 42.7 Å². The molecule has 0 fully saturated rings. The number of ketones is 1. The van der Waals surface area contributed by atoms with Crippen LogP contribution in [0.3, 0.4) is 0 Å². The second kappa shape index (κ2) is 7.07. The molecule has 0 aliphatic heterocycles. The number of carbonyl (C=O) groups excluding carboxylic acids is 2. The smallest absolute Gasteiger partial charge is 0.408 e. The molecule has 9 heteroatoms. The first kappa shape index (κ1) is 16.0. The highest BCUT2D eigenvalue weighted by Gasteiger charge is 2.24. The van der Waals surface area contributed by atoms with Gasteiger partial charge in [-0.2, -0.15) is 0 Å². The van der Waals surface area contributed by atoms with Crippen LogP contribution in [0.2, 0.25) is 0 Å². The molecule has 0 aliphatic rings. The average molecular weight is 319 g/mol. The molecule has 0 saturated carbocycles. The van der Waals surface area contributed by atoms with Crippen molar-refractivity contribution in [3.63, 3.8) is 0 Å². The van der Waals surface area contributed by atoms with Gasteiger partial charge in [-0.25, -0.2) is 4.79 Å². The largest absolute Gasteiger partial charge is 0.461 e. The van der Waals surface area contributed by atoms with Crippen molar-refractivity contribution in [3.05, 3.63) is 58.5 Å². The lowest BCUT2D eigenvalue weighted by atomic mass is 10.2. The molecule has 1 unspecified atom stereocenters. The Bertz CT molecular complexity index is 696. The number of nitrogens with one attached hydrogen (secondary N) is 2. The number of methoxy groups -OCH3 is 1. The Hall–Kier alpha value is -3.36. The number of Topliss-reactive ketones (excluding diaryl/α,β-unsaturated/α-hetero) is 1. The van der Waals surface area contributed by atoms with Crippen molar-refractivity contribution in [1.82, 2.24) is 5.32 Å². The Labute approximate surface area is 130 Å². The van der Waals surface area contributed by atoms with Crippen LogP contribution in [-0.4, -0.2) is 30.1 Å². The fourth-order valence-electron chi connectivity index (χ4n) is 1.75. The van der Waals surface area contributed by atoms with Crippen LogP contribution in [0.5, 0.6) is 0 Å². The van der Waals surface area contributed by atoms with Gasteiger partial charge in [-0.1, -0.05) is 0 Å². The molecule has 0 spiro atoms. The molecule has 1 atom stereocenters. The first-order valence-corrected chi connectivity index (χ1v) is 6.44. The number of amides is 1. The summed E-state index contributed by atoms with van der Waals surface area (Å²) >= 11 is 0. The van der Waals surface area contributed by atoms with E-state index in [0.29, 0.717) is 5.69 Å². The monoisotopic (exact) mass is 319 g/mol. The van der Waals surface area contributed by atoms with Crippen molar-refractivity contribution in [2.45, 2.75) is 6.17 Å². The third-order valence-corrected chi connectivity index (χ3v) is 2.86. The number of furan rings is 1. The van der Waals surface area contributed by atoms with Gasteiger partial charge in [0.05, 0.1) is 18.3 Å². The van der Waals surface area contributed by atoms with Gasteiger partial charge in [-0.3, -0.25) is 20.2 Å². The van der Waals surface area contributed by atoms with E-state index in [1.54, 1.807) is 0 Å². The van der Waals surface area contributed by atoms with Gasteiger partial charge in [0.25, 0.3) is 5.69 Å². The van der Waals surface area contributed by atoms with E-state index in [1.807, 2.05) is 0 Å². The quantitative estimate of drug-likeness (QED) is 0.362. The van der Waals surface area contributed by atoms with Crippen LogP contribution >= 0.6 is 0 Å². The molecule has 2 N–H and O–H groups in total. The predicted octanol–water partition coefficient (Wildman–Crippen LogP) is 2.16. The molecule has 0 bridgehead atoms. The number of nitro groups is 1. The first-order chi connectivity index (χ1) is 11.0. The SMILES string of the molecule is COC(=O)NC(Nc1ccc([N+](=O)[O-])cc1)C(=O)c1ccco1. The summed E-state index contributed by atoms with van der Waals surface area (Å²) in [5.74, 6) is -0.487. The third-order valence-electron chi connectivity index (χ3n) is 2.86. The Morgan fingerprint density at radius 3 is 2.48 bits per heavy atom. The van der Waals surface area contributed by atoms with Crippen molar-refractivity contribution >= 4 is 23.3 Å². The third kappa shape index (κ3) is 4.06. The molecular weight excluding hydrogens is 306 g/mol. The molecule has 2 aromatic rings. The fourth-order valence-corrected chi connectivity index (χ4v) is 1.75. The number of ether oxygens (including phenoxy) is 1. The van der Waals surface area contributed by atoms with Crippen LogP contribution in [0.15, 0.2) is 47.1 Å². The summed E-state index contributed by atoms with van der Waals surface area (Å²) in [6.45, 7) is 0. The molecule has 2 rings (SSSR count). The second-order valence-corrected chi connectivity index (χ2v) is 4.36. The van der Waals surface area contributed by atoms with Crippen molar-refractivity contribution in [2.75, 3.05) is 12.4 Å². The van der Waals surface area contributed by atoms with Gasteiger partial charge < -0.3 is 14.5 Å². The molecular formula is C14H13N3O6. The number of anilines is 1. The molecule has 9 nitrogen and oxygen atoms in total. The van der Waals surface area contributed by atoms with Crippen molar-refractivity contribution in [1.29, 1.82) is 0 Å². The molecule has 1 aromatic carbocycles. The molecule has 120 valence electrons. The van der Waals surface area contributed by atoms with Gasteiger partial charge in [-0.15, -0.1) is 0 Å². The highest BCUT2D eigenvalue weighted by atomic mass is 16.6. The number of nitrogens with zero attached hydrogens (tertiary/aromatic N) is 1. The number of non-ortho nitro benzene ring substituents is 1. The fraction of sp³-hybridized carbons (Fsp3) is 0.143. The zero-order valence-corrected chi connectivity index (χ0v) is 12.0. The molecule has 0 aliphatic carbocycles. The minimum atomic E-state index is -1.16. The topological polar surface area (TPSA) is 124 Å². The van der Waals surface area contributed by atoms with Crippen LogP contribution in [-0.2, 0) is 4.74 Å². The number of hydrogen-bond donors (Lipinski definition) is 2. The molecule has 0 radical (unpaired) electrons. The summed E-state index contributed by atoms with van der Waals surface area (Å²) in [5.41, 5.74) is 0.308. The lowest BCUT2D eigenvalue weighted by molar-refractivity contribution is -0.384. The van der Waals surface area contributed by atoms with Crippen LogP contribution in [0.1, 0.15) is 10.6 Å². The Kier molecular flexibility index (Phi) is 4.92. The van der Waals surface area contributed by atoms with E-state index in [-0.39, 0.29) is 11.4 Å². The zero-order chi connectivity index (χ0) is 16.8. The minimum absolute atomic E-state index is 0.0424. The maximum absolute atomic E-state index is 12.3. The molecule has 0 saturated heterocycles. The second-order valence-electron chi connectivity index (χ2n) is 4.36. The van der Waals surface area contributed by atoms with E-state index in [0.717, 1.165) is 7.11 Å². The lowest BCUT2D eigenvalue weighted by Crippen LogP contribution is -2.46. The van der Waals surface area contributed by atoms with Gasteiger partial charge in [0.1, 0.15) is 0 Å². The summed E-state index contributed by atoms with van der Waals surface area (Å²) in [4.78, 5) is 33.8. The highest BCUT2D eigenvalue weighted by molar-refractivity contribution is 6.00. The summed E-state index contributed by atoms with van der Waals surface area (Å²) < 4.78 is 9.48. The van der Waals surface area contributed by atoms with E-state index in [2.05, 4.69) is 15.4 Å². The summed E-state index contributed by atoms with van der Waals surface area (Å²) in [6.07, 6.45) is -0.645. The van der Waals surface area contributed by atoms with Crippen molar-refractivity contribution in [2.24, 2.45) is 0 Å². The Balaban J connectivity index is 2.18. The number of benzene rings is 1. The van der Waals surface area contributed by atoms with E-state index < -0.39 is 23.0 Å². The standard InChI is InChI=1S/C14H13N3O6/c1-22-14(19)16-13(12(18)11-3-2-8-23-11)15-9-4-6-10(7-5-9)17(20)21/h2-8,13,15H,1H3,(H,16,19). The molecule has 23 heavy (non-hydrogen) atoms. The van der Waals surface area contributed by atoms with Crippen molar-refractivity contribution < 1.29 is 23.7 Å². The highest BCUT2D eigenvalue weighted by Crippen LogP contribution is 2.17. The zero-order valence-electron chi connectivity index (χ0n) is 12.0. The van der Waals surface area contributed by atoms with Gasteiger partial charge >= 0.3 is 6.09 Å². The first-order valence-electron chi connectivity index (χ1n) is 6.44. The van der Waals surface area contributed by atoms with Gasteiger partial charge in [0.15, 0.2) is 11.9 Å². The van der Waals surface area contributed by atoms with Crippen molar-refractivity contribution in [3.8, 4) is 0 Å². The van der Waals surface area contributed by atoms with Crippen LogP contribution in [0.25, 0.3) is 0 Å². The van der Waals surface area contributed by atoms with E-state index >= 15 is 0 Å². The van der Waals surface area contributed by atoms with Gasteiger partial charge in [0.2, 0.25) is 5.78 Å². The lowest BCUT2D eigenvalue weighted by Gasteiger charge is -2.18. The van der Waals surface area contributed by atoms with E-state index in [9.17, 15) is 19.7 Å². The van der Waals surface area contributed by atoms with Gasteiger partial charge in [-0.05, 0) is 24.3 Å². The number of alkyl carbamates (subject to hydrolysis) is 1. The van der Waals surface area contributed by atoms with Gasteiger partial charge in [0, 0.05) is 17.8 Å². The predicted molar refractivity (Wildman–Crippen MR) is 79.1 cm³/mol. The number of nitro benzene ring substituents is 1. The van der Waals surface area contributed by atoms with Crippen LogP contribution in [0.4, 0.5) is 16.2 Å². The maximum Gasteiger partial charge on any atom is 0.408 e. The normalized spacial score (nSPS) is 11.3.